The van der Waals surface area contributed by atoms with Gasteiger partial charge in [0.1, 0.15) is 0 Å². The van der Waals surface area contributed by atoms with E-state index in [0.29, 0.717) is 31.7 Å². The number of benzene rings is 1. The van der Waals surface area contributed by atoms with Crippen LogP contribution in [0.4, 0.5) is 5.69 Å². The molecule has 1 N–H and O–H groups in total. The highest BCUT2D eigenvalue weighted by Crippen LogP contribution is 2.22. The Bertz CT molecular complexity index is 487. The molecule has 0 spiro atoms. The summed E-state index contributed by atoms with van der Waals surface area (Å²) in [5.41, 5.74) is 2.05. The number of rotatable bonds is 5. The Morgan fingerprint density at radius 2 is 2.10 bits per heavy atom. The van der Waals surface area contributed by atoms with Gasteiger partial charge in [-0.1, -0.05) is 17.7 Å². The largest absolute Gasteiger partial charge is 0.351 e. The molecule has 1 aliphatic heterocycles. The molecule has 108 valence electrons. The van der Waals surface area contributed by atoms with E-state index in [2.05, 4.69) is 5.32 Å². The van der Waals surface area contributed by atoms with E-state index in [1.165, 1.54) is 0 Å². The summed E-state index contributed by atoms with van der Waals surface area (Å²) < 4.78 is 0. The third-order valence-corrected chi connectivity index (χ3v) is 3.64. The smallest absolute Gasteiger partial charge is 0.229 e. The van der Waals surface area contributed by atoms with Crippen LogP contribution in [0.1, 0.15) is 24.8 Å². The number of carbonyl (C=O) groups excluding carboxylic acids is 2. The van der Waals surface area contributed by atoms with E-state index in [0.717, 1.165) is 11.3 Å². The minimum atomic E-state index is -0.105. The molecule has 1 aromatic carbocycles. The summed E-state index contributed by atoms with van der Waals surface area (Å²) in [6, 6.07) is 7.73. The number of amides is 2. The van der Waals surface area contributed by atoms with Crippen LogP contribution in [-0.2, 0) is 9.59 Å². The summed E-state index contributed by atoms with van der Waals surface area (Å²) >= 11 is 5.56. The lowest BCUT2D eigenvalue weighted by atomic mass is 10.2. The monoisotopic (exact) mass is 294 g/mol. The molecule has 0 saturated carbocycles. The Balaban J connectivity index is 1.93. The number of aryl methyl sites for hydroxylation is 1. The minimum absolute atomic E-state index is 0.0331. The van der Waals surface area contributed by atoms with Crippen molar-refractivity contribution in [3.63, 3.8) is 0 Å². The quantitative estimate of drug-likeness (QED) is 0.847. The molecule has 1 saturated heterocycles. The van der Waals surface area contributed by atoms with Crippen molar-refractivity contribution < 1.29 is 9.59 Å². The highest BCUT2D eigenvalue weighted by atomic mass is 35.5. The van der Waals surface area contributed by atoms with Gasteiger partial charge in [0.05, 0.1) is 6.04 Å². The maximum absolute atomic E-state index is 12.0. The molecule has 5 heteroatoms. The summed E-state index contributed by atoms with van der Waals surface area (Å²) in [5, 5.41) is 2.90. The van der Waals surface area contributed by atoms with Crippen molar-refractivity contribution in [2.45, 2.75) is 32.2 Å². The van der Waals surface area contributed by atoms with Crippen LogP contribution in [0.3, 0.4) is 0 Å². The minimum Gasteiger partial charge on any atom is -0.351 e. The van der Waals surface area contributed by atoms with Gasteiger partial charge in [-0.3, -0.25) is 9.59 Å². The summed E-state index contributed by atoms with van der Waals surface area (Å²) in [7, 11) is 0. The Kier molecular flexibility index (Phi) is 5.01. The molecule has 0 aromatic heterocycles. The number of halogens is 1. The lowest BCUT2D eigenvalue weighted by Gasteiger charge is -2.17. The molecule has 2 rings (SSSR count). The molecule has 0 bridgehead atoms. The van der Waals surface area contributed by atoms with E-state index in [1.807, 2.05) is 31.2 Å². The molecule has 1 aliphatic rings. The Labute approximate surface area is 124 Å². The van der Waals surface area contributed by atoms with Crippen molar-refractivity contribution in [1.82, 2.24) is 5.32 Å². The Morgan fingerprint density at radius 3 is 2.75 bits per heavy atom. The van der Waals surface area contributed by atoms with Crippen LogP contribution in [0.15, 0.2) is 24.3 Å². The number of alkyl halides is 1. The van der Waals surface area contributed by atoms with Crippen molar-refractivity contribution in [3.8, 4) is 0 Å². The molecular formula is C15H19ClN2O2. The van der Waals surface area contributed by atoms with Crippen molar-refractivity contribution in [2.75, 3.05) is 17.3 Å². The predicted octanol–water partition coefficient (Wildman–Crippen LogP) is 2.24. The SMILES string of the molecule is Cc1ccc(N2C[C@H](NC(=O)CCCCl)CC2=O)cc1. The fourth-order valence-corrected chi connectivity index (χ4v) is 2.44. The van der Waals surface area contributed by atoms with E-state index in [9.17, 15) is 9.59 Å². The van der Waals surface area contributed by atoms with E-state index >= 15 is 0 Å². The molecule has 0 radical (unpaired) electrons. The first-order chi connectivity index (χ1) is 9.60. The number of nitrogens with one attached hydrogen (secondary N) is 1. The molecule has 1 aromatic rings. The van der Waals surface area contributed by atoms with Gasteiger partial charge in [-0.15, -0.1) is 11.6 Å². The highest BCUT2D eigenvalue weighted by molar-refractivity contribution is 6.17. The van der Waals surface area contributed by atoms with E-state index < -0.39 is 0 Å². The number of hydrogen-bond donors (Lipinski definition) is 1. The second-order valence-corrected chi connectivity index (χ2v) is 5.48. The zero-order chi connectivity index (χ0) is 14.5. The third-order valence-electron chi connectivity index (χ3n) is 3.37. The third kappa shape index (κ3) is 3.73. The van der Waals surface area contributed by atoms with Gasteiger partial charge >= 0.3 is 0 Å². The average molecular weight is 295 g/mol. The topological polar surface area (TPSA) is 49.4 Å². The number of carbonyl (C=O) groups is 2. The standard InChI is InChI=1S/C15H19ClN2O2/c1-11-4-6-13(7-5-11)18-10-12(9-15(18)20)17-14(19)3-2-8-16/h4-7,12H,2-3,8-10H2,1H3,(H,17,19)/t12-/m1/s1. The average Bonchev–Trinajstić information content (AvgIpc) is 2.78. The fourth-order valence-electron chi connectivity index (χ4n) is 2.31. The molecule has 0 aliphatic carbocycles. The molecule has 20 heavy (non-hydrogen) atoms. The summed E-state index contributed by atoms with van der Waals surface area (Å²) in [5.74, 6) is 0.498. The Hall–Kier alpha value is -1.55. The zero-order valence-electron chi connectivity index (χ0n) is 11.6. The van der Waals surface area contributed by atoms with Gasteiger partial charge in [0.15, 0.2) is 0 Å². The molecular weight excluding hydrogens is 276 g/mol. The molecule has 2 amide bonds. The van der Waals surface area contributed by atoms with Crippen LogP contribution in [0.5, 0.6) is 0 Å². The van der Waals surface area contributed by atoms with Crippen molar-refractivity contribution in [1.29, 1.82) is 0 Å². The molecule has 1 heterocycles. The Morgan fingerprint density at radius 1 is 1.40 bits per heavy atom. The fraction of sp³-hybridized carbons (Fsp3) is 0.467. The van der Waals surface area contributed by atoms with Crippen LogP contribution in [-0.4, -0.2) is 30.3 Å². The second-order valence-electron chi connectivity index (χ2n) is 5.10. The number of hydrogen-bond acceptors (Lipinski definition) is 2. The maximum atomic E-state index is 12.0. The van der Waals surface area contributed by atoms with Gasteiger partial charge in [-0.2, -0.15) is 0 Å². The van der Waals surface area contributed by atoms with E-state index in [-0.39, 0.29) is 17.9 Å². The molecule has 1 atom stereocenters. The molecule has 4 nitrogen and oxygen atoms in total. The van der Waals surface area contributed by atoms with Gasteiger partial charge < -0.3 is 10.2 Å². The maximum Gasteiger partial charge on any atom is 0.229 e. The second kappa shape index (κ2) is 6.75. The van der Waals surface area contributed by atoms with Crippen molar-refractivity contribution >= 4 is 29.1 Å². The number of anilines is 1. The van der Waals surface area contributed by atoms with Crippen LogP contribution < -0.4 is 10.2 Å². The summed E-state index contributed by atoms with van der Waals surface area (Å²) in [6.45, 7) is 2.55. The normalized spacial score (nSPS) is 18.4. The summed E-state index contributed by atoms with van der Waals surface area (Å²) in [6.07, 6.45) is 1.44. The van der Waals surface area contributed by atoms with Gasteiger partial charge in [-0.05, 0) is 25.5 Å². The summed E-state index contributed by atoms with van der Waals surface area (Å²) in [4.78, 5) is 25.4. The van der Waals surface area contributed by atoms with Gasteiger partial charge in [0.25, 0.3) is 0 Å². The van der Waals surface area contributed by atoms with Gasteiger partial charge in [0, 0.05) is 31.0 Å². The molecule has 0 unspecified atom stereocenters. The first kappa shape index (κ1) is 14.9. The van der Waals surface area contributed by atoms with Crippen LogP contribution in [0.2, 0.25) is 0 Å². The van der Waals surface area contributed by atoms with Gasteiger partial charge in [0.2, 0.25) is 11.8 Å². The van der Waals surface area contributed by atoms with Crippen LogP contribution >= 0.6 is 11.6 Å². The zero-order valence-corrected chi connectivity index (χ0v) is 12.3. The highest BCUT2D eigenvalue weighted by Gasteiger charge is 2.31. The lowest BCUT2D eigenvalue weighted by Crippen LogP contribution is -2.37. The first-order valence-corrected chi connectivity index (χ1v) is 7.36. The van der Waals surface area contributed by atoms with E-state index in [4.69, 9.17) is 11.6 Å². The van der Waals surface area contributed by atoms with Gasteiger partial charge in [-0.25, -0.2) is 0 Å². The molecule has 1 fully saturated rings. The van der Waals surface area contributed by atoms with Crippen molar-refractivity contribution in [2.24, 2.45) is 0 Å². The lowest BCUT2D eigenvalue weighted by molar-refractivity contribution is -0.121. The first-order valence-electron chi connectivity index (χ1n) is 6.82. The number of nitrogens with zero attached hydrogens (tertiary/aromatic N) is 1. The van der Waals surface area contributed by atoms with Crippen LogP contribution in [0, 0.1) is 6.92 Å². The predicted molar refractivity (Wildman–Crippen MR) is 80.0 cm³/mol. The van der Waals surface area contributed by atoms with Crippen LogP contribution in [0.25, 0.3) is 0 Å². The van der Waals surface area contributed by atoms with Crippen molar-refractivity contribution in [3.05, 3.63) is 29.8 Å². The van der Waals surface area contributed by atoms with E-state index in [1.54, 1.807) is 4.90 Å².